The second-order valence-corrected chi connectivity index (χ2v) is 3.39. The molecule has 0 aliphatic rings. The number of anilines is 1. The Morgan fingerprint density at radius 1 is 1.29 bits per heavy atom. The first-order valence-electron chi connectivity index (χ1n) is 4.78. The van der Waals surface area contributed by atoms with Gasteiger partial charge in [0.05, 0.1) is 0 Å². The number of hydrogen-bond acceptors (Lipinski definition) is 4. The summed E-state index contributed by atoms with van der Waals surface area (Å²) in [5, 5.41) is 0. The molecule has 1 aromatic carbocycles. The molecular weight excluding hydrogens is 228 g/mol. The predicted molar refractivity (Wildman–Crippen MR) is 57.6 cm³/mol. The van der Waals surface area contributed by atoms with E-state index >= 15 is 0 Å². The highest BCUT2D eigenvalue weighted by atomic mass is 19.1. The molecule has 1 aromatic heterocycles. The lowest BCUT2D eigenvalue weighted by Crippen LogP contribution is -2.00. The van der Waals surface area contributed by atoms with Gasteiger partial charge in [0.1, 0.15) is 5.82 Å². The first kappa shape index (κ1) is 11.3. The highest BCUT2D eigenvalue weighted by Crippen LogP contribution is 2.26. The fourth-order valence-electron chi connectivity index (χ4n) is 1.20. The quantitative estimate of drug-likeness (QED) is 0.871. The molecule has 0 aliphatic carbocycles. The fourth-order valence-corrected chi connectivity index (χ4v) is 1.20. The predicted octanol–water partition coefficient (Wildman–Crippen LogP) is 2.44. The van der Waals surface area contributed by atoms with Crippen molar-refractivity contribution in [3.8, 4) is 11.6 Å². The summed E-state index contributed by atoms with van der Waals surface area (Å²) in [6, 6.07) is 2.92. The molecule has 2 N–H and O–H groups in total. The number of nitrogens with zero attached hydrogens (tertiary/aromatic N) is 2. The topological polar surface area (TPSA) is 61.0 Å². The SMILES string of the molecule is Cc1cnc(N)nc1Oc1cc(F)ccc1F. The number of rotatable bonds is 2. The van der Waals surface area contributed by atoms with E-state index in [-0.39, 0.29) is 17.6 Å². The van der Waals surface area contributed by atoms with Crippen molar-refractivity contribution in [1.29, 1.82) is 0 Å². The molecule has 1 heterocycles. The van der Waals surface area contributed by atoms with Gasteiger partial charge in [-0.15, -0.1) is 0 Å². The van der Waals surface area contributed by atoms with Gasteiger partial charge in [-0.25, -0.2) is 13.8 Å². The maximum atomic E-state index is 13.3. The van der Waals surface area contributed by atoms with Crippen molar-refractivity contribution in [3.63, 3.8) is 0 Å². The number of aryl methyl sites for hydroxylation is 1. The zero-order valence-electron chi connectivity index (χ0n) is 8.95. The van der Waals surface area contributed by atoms with Crippen LogP contribution in [-0.2, 0) is 0 Å². The van der Waals surface area contributed by atoms with E-state index in [0.29, 0.717) is 5.56 Å². The molecule has 88 valence electrons. The van der Waals surface area contributed by atoms with Crippen molar-refractivity contribution in [2.75, 3.05) is 5.73 Å². The van der Waals surface area contributed by atoms with Crippen molar-refractivity contribution in [2.24, 2.45) is 0 Å². The summed E-state index contributed by atoms with van der Waals surface area (Å²) in [7, 11) is 0. The first-order valence-corrected chi connectivity index (χ1v) is 4.78. The Labute approximate surface area is 96.1 Å². The minimum absolute atomic E-state index is 0.00223. The summed E-state index contributed by atoms with van der Waals surface area (Å²) < 4.78 is 31.4. The summed E-state index contributed by atoms with van der Waals surface area (Å²) in [6.45, 7) is 1.67. The van der Waals surface area contributed by atoms with Crippen LogP contribution in [0.25, 0.3) is 0 Å². The van der Waals surface area contributed by atoms with Crippen molar-refractivity contribution in [2.45, 2.75) is 6.92 Å². The number of ether oxygens (including phenoxy) is 1. The summed E-state index contributed by atoms with van der Waals surface area (Å²) in [5.74, 6) is -1.42. The lowest BCUT2D eigenvalue weighted by Gasteiger charge is -2.08. The van der Waals surface area contributed by atoms with Crippen molar-refractivity contribution < 1.29 is 13.5 Å². The number of nitrogens with two attached hydrogens (primary N) is 1. The molecule has 17 heavy (non-hydrogen) atoms. The molecule has 2 rings (SSSR count). The number of aromatic nitrogens is 2. The first-order chi connectivity index (χ1) is 8.06. The zero-order valence-corrected chi connectivity index (χ0v) is 8.95. The highest BCUT2D eigenvalue weighted by molar-refractivity contribution is 5.34. The van der Waals surface area contributed by atoms with Gasteiger partial charge >= 0.3 is 0 Å². The van der Waals surface area contributed by atoms with Crippen LogP contribution in [-0.4, -0.2) is 9.97 Å². The summed E-state index contributed by atoms with van der Waals surface area (Å²) in [6.07, 6.45) is 1.44. The van der Waals surface area contributed by atoms with Crippen molar-refractivity contribution in [1.82, 2.24) is 9.97 Å². The fraction of sp³-hybridized carbons (Fsp3) is 0.0909. The molecule has 0 aliphatic heterocycles. The molecule has 0 atom stereocenters. The van der Waals surface area contributed by atoms with Gasteiger partial charge in [-0.1, -0.05) is 0 Å². The summed E-state index contributed by atoms with van der Waals surface area (Å²) >= 11 is 0. The molecule has 0 saturated heterocycles. The smallest absolute Gasteiger partial charge is 0.227 e. The van der Waals surface area contributed by atoms with E-state index < -0.39 is 11.6 Å². The third-order valence-electron chi connectivity index (χ3n) is 2.04. The van der Waals surface area contributed by atoms with E-state index in [2.05, 4.69) is 9.97 Å². The van der Waals surface area contributed by atoms with Crippen LogP contribution in [0.4, 0.5) is 14.7 Å². The van der Waals surface area contributed by atoms with E-state index in [0.717, 1.165) is 18.2 Å². The Kier molecular flexibility index (Phi) is 2.86. The number of benzene rings is 1. The van der Waals surface area contributed by atoms with Crippen LogP contribution in [0.2, 0.25) is 0 Å². The van der Waals surface area contributed by atoms with Gasteiger partial charge in [0.2, 0.25) is 11.8 Å². The van der Waals surface area contributed by atoms with Crippen LogP contribution >= 0.6 is 0 Å². The molecule has 0 radical (unpaired) electrons. The number of nitrogen functional groups attached to an aromatic ring is 1. The molecule has 6 heteroatoms. The molecule has 0 spiro atoms. The van der Waals surface area contributed by atoms with Crippen LogP contribution in [0, 0.1) is 18.6 Å². The minimum atomic E-state index is -0.678. The van der Waals surface area contributed by atoms with Gasteiger partial charge in [-0.3, -0.25) is 0 Å². The largest absolute Gasteiger partial charge is 0.435 e. The van der Waals surface area contributed by atoms with Gasteiger partial charge in [0.25, 0.3) is 0 Å². The Bertz CT molecular complexity index is 511. The van der Waals surface area contributed by atoms with Crippen molar-refractivity contribution >= 4 is 5.95 Å². The second kappa shape index (κ2) is 4.32. The van der Waals surface area contributed by atoms with E-state index in [1.807, 2.05) is 0 Å². The third-order valence-corrected chi connectivity index (χ3v) is 2.04. The second-order valence-electron chi connectivity index (χ2n) is 3.39. The maximum Gasteiger partial charge on any atom is 0.227 e. The highest BCUT2D eigenvalue weighted by Gasteiger charge is 2.10. The average molecular weight is 237 g/mol. The average Bonchev–Trinajstić information content (AvgIpc) is 2.28. The minimum Gasteiger partial charge on any atom is -0.435 e. The van der Waals surface area contributed by atoms with Gasteiger partial charge < -0.3 is 10.5 Å². The van der Waals surface area contributed by atoms with Crippen LogP contribution in [0.15, 0.2) is 24.4 Å². The Morgan fingerprint density at radius 3 is 2.82 bits per heavy atom. The molecule has 0 amide bonds. The Hall–Kier alpha value is -2.24. The van der Waals surface area contributed by atoms with E-state index in [1.54, 1.807) is 6.92 Å². The van der Waals surface area contributed by atoms with Crippen molar-refractivity contribution in [3.05, 3.63) is 41.6 Å². The summed E-state index contributed by atoms with van der Waals surface area (Å²) in [5.41, 5.74) is 5.95. The van der Waals surface area contributed by atoms with E-state index in [1.165, 1.54) is 6.20 Å². The van der Waals surface area contributed by atoms with Crippen LogP contribution in [0.3, 0.4) is 0 Å². The monoisotopic (exact) mass is 237 g/mol. The molecular formula is C11H9F2N3O. The Morgan fingerprint density at radius 2 is 2.06 bits per heavy atom. The molecule has 0 fully saturated rings. The van der Waals surface area contributed by atoms with Crippen LogP contribution < -0.4 is 10.5 Å². The van der Waals surface area contributed by atoms with Gasteiger partial charge in [-0.05, 0) is 19.1 Å². The summed E-state index contributed by atoms with van der Waals surface area (Å²) in [4.78, 5) is 7.53. The van der Waals surface area contributed by atoms with E-state index in [4.69, 9.17) is 10.5 Å². The number of hydrogen-bond donors (Lipinski definition) is 1. The van der Waals surface area contributed by atoms with Gasteiger partial charge in [0.15, 0.2) is 11.6 Å². The molecule has 0 saturated carbocycles. The lowest BCUT2D eigenvalue weighted by molar-refractivity contribution is 0.419. The Balaban J connectivity index is 2.37. The van der Waals surface area contributed by atoms with Gasteiger partial charge in [0, 0.05) is 17.8 Å². The van der Waals surface area contributed by atoms with Crippen LogP contribution in [0.1, 0.15) is 5.56 Å². The number of halogens is 2. The standard InChI is InChI=1S/C11H9F2N3O/c1-6-5-15-11(14)16-10(6)17-9-4-7(12)2-3-8(9)13/h2-5H,1H3,(H2,14,15,16). The van der Waals surface area contributed by atoms with Gasteiger partial charge in [-0.2, -0.15) is 4.98 Å². The van der Waals surface area contributed by atoms with E-state index in [9.17, 15) is 8.78 Å². The zero-order chi connectivity index (χ0) is 12.4. The third kappa shape index (κ3) is 2.47. The molecule has 0 bridgehead atoms. The molecule has 4 nitrogen and oxygen atoms in total. The molecule has 0 unspecified atom stereocenters. The normalized spacial score (nSPS) is 10.3. The maximum absolute atomic E-state index is 13.3. The molecule has 2 aromatic rings. The lowest BCUT2D eigenvalue weighted by atomic mass is 10.3. The van der Waals surface area contributed by atoms with Crippen LogP contribution in [0.5, 0.6) is 11.6 Å².